The zero-order valence-electron chi connectivity index (χ0n) is 13.5. The van der Waals surface area contributed by atoms with E-state index in [1.807, 2.05) is 36.9 Å². The average molecular weight is 311 g/mol. The fourth-order valence-corrected chi connectivity index (χ4v) is 2.82. The Balaban J connectivity index is 1.61. The Morgan fingerprint density at radius 3 is 2.61 bits per heavy atom. The molecule has 1 aliphatic heterocycles. The molecule has 23 heavy (non-hydrogen) atoms. The second-order valence-electron chi connectivity index (χ2n) is 5.78. The summed E-state index contributed by atoms with van der Waals surface area (Å²) < 4.78 is 0. The van der Waals surface area contributed by atoms with E-state index in [9.17, 15) is 4.79 Å². The molecule has 3 heterocycles. The highest BCUT2D eigenvalue weighted by atomic mass is 16.2. The van der Waals surface area contributed by atoms with E-state index in [0.717, 1.165) is 30.3 Å². The lowest BCUT2D eigenvalue weighted by atomic mass is 10.0. The summed E-state index contributed by atoms with van der Waals surface area (Å²) in [7, 11) is 0. The third kappa shape index (κ3) is 3.47. The summed E-state index contributed by atoms with van der Waals surface area (Å²) >= 11 is 0. The molecule has 0 spiro atoms. The number of rotatable bonds is 3. The van der Waals surface area contributed by atoms with Crippen molar-refractivity contribution in [3.8, 4) is 0 Å². The smallest absolute Gasteiger partial charge is 0.230 e. The Labute approximate surface area is 136 Å². The molecule has 1 amide bonds. The van der Waals surface area contributed by atoms with Gasteiger partial charge in [0.25, 0.3) is 0 Å². The van der Waals surface area contributed by atoms with Crippen molar-refractivity contribution in [3.05, 3.63) is 48.2 Å². The molecule has 0 N–H and O–H groups in total. The second-order valence-corrected chi connectivity index (χ2v) is 5.78. The summed E-state index contributed by atoms with van der Waals surface area (Å²) in [6.45, 7) is 6.85. The molecular formula is C17H21N5O. The van der Waals surface area contributed by atoms with Crippen molar-refractivity contribution < 1.29 is 4.79 Å². The van der Waals surface area contributed by atoms with Gasteiger partial charge >= 0.3 is 0 Å². The van der Waals surface area contributed by atoms with Crippen molar-refractivity contribution >= 4 is 11.7 Å². The molecule has 1 unspecified atom stereocenters. The molecule has 1 fully saturated rings. The number of aromatic nitrogens is 3. The monoisotopic (exact) mass is 311 g/mol. The number of aryl methyl sites for hydroxylation is 1. The standard InChI is InChI=1S/C17H21N5O/c1-13(15-4-3-6-18-12-15)17(23)22-10-8-21(9-11-22)16-5-7-19-14(2)20-16/h3-7,12-13H,8-11H2,1-2H3. The Bertz CT molecular complexity index is 668. The third-order valence-electron chi connectivity index (χ3n) is 4.23. The van der Waals surface area contributed by atoms with Crippen molar-refractivity contribution in [3.63, 3.8) is 0 Å². The van der Waals surface area contributed by atoms with Gasteiger partial charge in [-0.05, 0) is 31.5 Å². The van der Waals surface area contributed by atoms with Crippen LogP contribution in [0.2, 0.25) is 0 Å². The Morgan fingerprint density at radius 2 is 1.96 bits per heavy atom. The van der Waals surface area contributed by atoms with Crippen LogP contribution in [0.25, 0.3) is 0 Å². The van der Waals surface area contributed by atoms with E-state index in [-0.39, 0.29) is 11.8 Å². The normalized spacial score (nSPS) is 16.3. The molecule has 2 aromatic rings. The molecule has 120 valence electrons. The van der Waals surface area contributed by atoms with Gasteiger partial charge in [-0.3, -0.25) is 9.78 Å². The zero-order chi connectivity index (χ0) is 16.2. The van der Waals surface area contributed by atoms with Gasteiger partial charge in [0.1, 0.15) is 11.6 Å². The van der Waals surface area contributed by atoms with E-state index in [2.05, 4.69) is 19.9 Å². The molecule has 1 aliphatic rings. The Morgan fingerprint density at radius 1 is 1.17 bits per heavy atom. The minimum absolute atomic E-state index is 0.156. The molecule has 6 heteroatoms. The maximum atomic E-state index is 12.6. The van der Waals surface area contributed by atoms with E-state index < -0.39 is 0 Å². The van der Waals surface area contributed by atoms with Crippen LogP contribution in [0.3, 0.4) is 0 Å². The molecule has 0 radical (unpaired) electrons. The number of carbonyl (C=O) groups is 1. The second kappa shape index (κ2) is 6.73. The first-order valence-electron chi connectivity index (χ1n) is 7.88. The minimum Gasteiger partial charge on any atom is -0.353 e. The molecule has 1 atom stereocenters. The van der Waals surface area contributed by atoms with Gasteiger partial charge in [0.05, 0.1) is 5.92 Å². The lowest BCUT2D eigenvalue weighted by Gasteiger charge is -2.36. The van der Waals surface area contributed by atoms with Crippen LogP contribution < -0.4 is 4.90 Å². The molecule has 3 rings (SSSR count). The number of anilines is 1. The molecule has 1 saturated heterocycles. The molecular weight excluding hydrogens is 290 g/mol. The van der Waals surface area contributed by atoms with Crippen LogP contribution in [0.4, 0.5) is 5.82 Å². The molecule has 0 saturated carbocycles. The molecule has 0 aliphatic carbocycles. The first-order chi connectivity index (χ1) is 11.1. The summed E-state index contributed by atoms with van der Waals surface area (Å²) in [4.78, 5) is 29.5. The summed E-state index contributed by atoms with van der Waals surface area (Å²) in [5.41, 5.74) is 0.964. The first-order valence-corrected chi connectivity index (χ1v) is 7.88. The maximum Gasteiger partial charge on any atom is 0.230 e. The van der Waals surface area contributed by atoms with Gasteiger partial charge in [-0.15, -0.1) is 0 Å². The summed E-state index contributed by atoms with van der Waals surface area (Å²) in [5.74, 6) is 1.71. The number of amides is 1. The lowest BCUT2D eigenvalue weighted by Crippen LogP contribution is -2.50. The number of pyridine rings is 1. The fraction of sp³-hybridized carbons (Fsp3) is 0.412. The van der Waals surface area contributed by atoms with Gasteiger partial charge in [-0.2, -0.15) is 0 Å². The van der Waals surface area contributed by atoms with Crippen LogP contribution in [0.1, 0.15) is 24.2 Å². The van der Waals surface area contributed by atoms with Gasteiger partial charge < -0.3 is 9.80 Å². The summed E-state index contributed by atoms with van der Waals surface area (Å²) in [6.07, 6.45) is 5.27. The predicted octanol–water partition coefficient (Wildman–Crippen LogP) is 1.63. The van der Waals surface area contributed by atoms with Crippen molar-refractivity contribution in [2.24, 2.45) is 0 Å². The predicted molar refractivity (Wildman–Crippen MR) is 88.2 cm³/mol. The maximum absolute atomic E-state index is 12.6. The highest BCUT2D eigenvalue weighted by Crippen LogP contribution is 2.19. The highest BCUT2D eigenvalue weighted by Gasteiger charge is 2.26. The van der Waals surface area contributed by atoms with E-state index in [1.54, 1.807) is 18.6 Å². The lowest BCUT2D eigenvalue weighted by molar-refractivity contribution is -0.132. The fourth-order valence-electron chi connectivity index (χ4n) is 2.82. The number of piperazine rings is 1. The number of nitrogens with zero attached hydrogens (tertiary/aromatic N) is 5. The third-order valence-corrected chi connectivity index (χ3v) is 4.23. The molecule has 0 bridgehead atoms. The number of hydrogen-bond donors (Lipinski definition) is 0. The topological polar surface area (TPSA) is 62.2 Å². The van der Waals surface area contributed by atoms with E-state index in [0.29, 0.717) is 13.1 Å². The van der Waals surface area contributed by atoms with Crippen LogP contribution in [0, 0.1) is 6.92 Å². The SMILES string of the molecule is Cc1nccc(N2CCN(C(=O)C(C)c3cccnc3)CC2)n1. The minimum atomic E-state index is -0.156. The van der Waals surface area contributed by atoms with Crippen molar-refractivity contribution in [1.29, 1.82) is 0 Å². The van der Waals surface area contributed by atoms with Gasteiger partial charge in [0, 0.05) is 44.8 Å². The van der Waals surface area contributed by atoms with Crippen LogP contribution in [-0.4, -0.2) is 51.9 Å². The Kier molecular flexibility index (Phi) is 4.50. The van der Waals surface area contributed by atoms with Crippen molar-refractivity contribution in [1.82, 2.24) is 19.9 Å². The Hall–Kier alpha value is -2.50. The number of carbonyl (C=O) groups excluding carboxylic acids is 1. The van der Waals surface area contributed by atoms with Crippen molar-refractivity contribution in [2.45, 2.75) is 19.8 Å². The first kappa shape index (κ1) is 15.4. The van der Waals surface area contributed by atoms with Crippen LogP contribution in [0.15, 0.2) is 36.8 Å². The van der Waals surface area contributed by atoms with Crippen LogP contribution in [0.5, 0.6) is 0 Å². The van der Waals surface area contributed by atoms with E-state index in [1.165, 1.54) is 0 Å². The molecule has 0 aromatic carbocycles. The quantitative estimate of drug-likeness (QED) is 0.862. The van der Waals surface area contributed by atoms with E-state index >= 15 is 0 Å². The van der Waals surface area contributed by atoms with Gasteiger partial charge in [-0.25, -0.2) is 9.97 Å². The average Bonchev–Trinajstić information content (AvgIpc) is 2.61. The van der Waals surface area contributed by atoms with Gasteiger partial charge in [0.15, 0.2) is 0 Å². The van der Waals surface area contributed by atoms with Crippen LogP contribution >= 0.6 is 0 Å². The van der Waals surface area contributed by atoms with Gasteiger partial charge in [0.2, 0.25) is 5.91 Å². The largest absolute Gasteiger partial charge is 0.353 e. The van der Waals surface area contributed by atoms with E-state index in [4.69, 9.17) is 0 Å². The van der Waals surface area contributed by atoms with Gasteiger partial charge in [-0.1, -0.05) is 6.07 Å². The summed E-state index contributed by atoms with van der Waals surface area (Å²) in [6, 6.07) is 5.74. The zero-order valence-corrected chi connectivity index (χ0v) is 13.5. The van der Waals surface area contributed by atoms with Crippen LogP contribution in [-0.2, 0) is 4.79 Å². The number of hydrogen-bond acceptors (Lipinski definition) is 5. The summed E-state index contributed by atoms with van der Waals surface area (Å²) in [5, 5.41) is 0. The van der Waals surface area contributed by atoms with Crippen molar-refractivity contribution in [2.75, 3.05) is 31.1 Å². The highest BCUT2D eigenvalue weighted by molar-refractivity contribution is 5.83. The molecule has 6 nitrogen and oxygen atoms in total. The molecule has 2 aromatic heterocycles.